The highest BCUT2D eigenvalue weighted by Gasteiger charge is 2.28. The van der Waals surface area contributed by atoms with E-state index in [4.69, 9.17) is 0 Å². The van der Waals surface area contributed by atoms with Crippen LogP contribution < -0.4 is 4.31 Å². The van der Waals surface area contributed by atoms with Gasteiger partial charge in [0, 0.05) is 25.2 Å². The van der Waals surface area contributed by atoms with Gasteiger partial charge >= 0.3 is 0 Å². The summed E-state index contributed by atoms with van der Waals surface area (Å²) in [6, 6.07) is 5.73. The lowest BCUT2D eigenvalue weighted by atomic mass is 10.0. The second-order valence-corrected chi connectivity index (χ2v) is 8.90. The molecule has 0 aromatic heterocycles. The number of nitrogens with zero attached hydrogens (tertiary/aromatic N) is 2. The molecule has 1 heterocycles. The highest BCUT2D eigenvalue weighted by molar-refractivity contribution is 7.92. The molecule has 1 saturated carbocycles. The van der Waals surface area contributed by atoms with E-state index in [0.717, 1.165) is 18.4 Å². The quantitative estimate of drug-likeness (QED) is 0.788. The molecule has 0 N–H and O–H groups in total. The molecule has 132 valence electrons. The molecule has 1 fully saturated rings. The Morgan fingerprint density at radius 2 is 1.83 bits per heavy atom. The van der Waals surface area contributed by atoms with Crippen molar-refractivity contribution in [3.63, 3.8) is 0 Å². The van der Waals surface area contributed by atoms with Gasteiger partial charge in [-0.05, 0) is 43.0 Å². The maximum Gasteiger partial charge on any atom is 0.253 e. The van der Waals surface area contributed by atoms with Crippen LogP contribution in [-0.2, 0) is 16.4 Å². The van der Waals surface area contributed by atoms with Crippen LogP contribution in [-0.4, -0.2) is 45.1 Å². The zero-order valence-electron chi connectivity index (χ0n) is 14.5. The molecule has 0 radical (unpaired) electrons. The third kappa shape index (κ3) is 3.43. The van der Waals surface area contributed by atoms with Crippen LogP contribution in [0.25, 0.3) is 0 Å². The van der Waals surface area contributed by atoms with Crippen LogP contribution in [0.1, 0.15) is 54.4 Å². The molecule has 0 bridgehead atoms. The van der Waals surface area contributed by atoms with Gasteiger partial charge in [-0.15, -0.1) is 0 Å². The molecule has 0 atom stereocenters. The Kier molecular flexibility index (Phi) is 4.85. The minimum Gasteiger partial charge on any atom is -0.339 e. The fourth-order valence-corrected chi connectivity index (χ4v) is 4.82. The zero-order chi connectivity index (χ0) is 17.3. The lowest BCUT2D eigenvalue weighted by Gasteiger charge is -2.27. The number of amides is 1. The third-order valence-corrected chi connectivity index (χ3v) is 6.45. The van der Waals surface area contributed by atoms with Crippen LogP contribution >= 0.6 is 0 Å². The fraction of sp³-hybridized carbons (Fsp3) is 0.611. The summed E-state index contributed by atoms with van der Waals surface area (Å²) < 4.78 is 25.0. The minimum absolute atomic E-state index is 0.0440. The van der Waals surface area contributed by atoms with Gasteiger partial charge in [0.2, 0.25) is 10.0 Å². The Morgan fingerprint density at radius 1 is 1.17 bits per heavy atom. The molecule has 1 aliphatic heterocycles. The summed E-state index contributed by atoms with van der Waals surface area (Å²) in [4.78, 5) is 14.7. The predicted octanol–water partition coefficient (Wildman–Crippen LogP) is 2.80. The number of fused-ring (bicyclic) bond motifs is 1. The van der Waals surface area contributed by atoms with Gasteiger partial charge in [-0.3, -0.25) is 9.10 Å². The van der Waals surface area contributed by atoms with Crippen LogP contribution in [0.3, 0.4) is 0 Å². The van der Waals surface area contributed by atoms with Crippen molar-refractivity contribution in [3.05, 3.63) is 29.3 Å². The molecule has 1 aromatic rings. The minimum atomic E-state index is -3.25. The number of hydrogen-bond acceptors (Lipinski definition) is 3. The standard InChI is InChI=1S/C18H26N2O3S/c1-19(16-7-5-3-4-6-8-16)18(21)15-9-10-17-14(13-15)11-12-20(17)24(2,22)23/h9-10,13,16H,3-8,11-12H2,1-2H3. The molecule has 5 nitrogen and oxygen atoms in total. The van der Waals surface area contributed by atoms with E-state index in [0.29, 0.717) is 30.3 Å². The zero-order valence-corrected chi connectivity index (χ0v) is 15.3. The summed E-state index contributed by atoms with van der Waals surface area (Å²) in [5, 5.41) is 0. The highest BCUT2D eigenvalue weighted by atomic mass is 32.2. The summed E-state index contributed by atoms with van der Waals surface area (Å²) >= 11 is 0. The molecule has 1 aromatic carbocycles. The second kappa shape index (κ2) is 6.75. The SMILES string of the molecule is CN(C(=O)c1ccc2c(c1)CCN2S(C)(=O)=O)C1CCCCCC1. The molecular weight excluding hydrogens is 324 g/mol. The molecular formula is C18H26N2O3S. The van der Waals surface area contributed by atoms with Gasteiger partial charge < -0.3 is 4.90 Å². The molecule has 2 aliphatic rings. The molecule has 3 rings (SSSR count). The average Bonchev–Trinajstić information content (AvgIpc) is 2.79. The van der Waals surface area contributed by atoms with Gasteiger partial charge in [0.15, 0.2) is 0 Å². The monoisotopic (exact) mass is 350 g/mol. The number of rotatable bonds is 3. The van der Waals surface area contributed by atoms with E-state index in [1.54, 1.807) is 12.1 Å². The second-order valence-electron chi connectivity index (χ2n) is 6.99. The molecule has 24 heavy (non-hydrogen) atoms. The van der Waals surface area contributed by atoms with E-state index >= 15 is 0 Å². The number of hydrogen-bond donors (Lipinski definition) is 0. The molecule has 0 spiro atoms. The maximum atomic E-state index is 12.8. The average molecular weight is 350 g/mol. The van der Waals surface area contributed by atoms with Crippen molar-refractivity contribution in [2.75, 3.05) is 24.2 Å². The number of carbonyl (C=O) groups is 1. The molecule has 1 aliphatic carbocycles. The van der Waals surface area contributed by atoms with Crippen LogP contribution in [0.15, 0.2) is 18.2 Å². The van der Waals surface area contributed by atoms with E-state index in [-0.39, 0.29) is 5.91 Å². The van der Waals surface area contributed by atoms with Gasteiger partial charge in [-0.1, -0.05) is 25.7 Å². The lowest BCUT2D eigenvalue weighted by Crippen LogP contribution is -2.36. The maximum absolute atomic E-state index is 12.8. The van der Waals surface area contributed by atoms with E-state index < -0.39 is 10.0 Å². The number of sulfonamides is 1. The van der Waals surface area contributed by atoms with Crippen LogP contribution in [0.4, 0.5) is 5.69 Å². The first kappa shape index (κ1) is 17.3. The van der Waals surface area contributed by atoms with Crippen molar-refractivity contribution in [2.24, 2.45) is 0 Å². The van der Waals surface area contributed by atoms with Crippen LogP contribution in [0, 0.1) is 0 Å². The third-order valence-electron chi connectivity index (χ3n) is 5.27. The largest absolute Gasteiger partial charge is 0.339 e. The summed E-state index contributed by atoms with van der Waals surface area (Å²) in [6.07, 6.45) is 8.95. The van der Waals surface area contributed by atoms with E-state index in [9.17, 15) is 13.2 Å². The summed E-state index contributed by atoms with van der Waals surface area (Å²) in [6.45, 7) is 0.463. The number of benzene rings is 1. The smallest absolute Gasteiger partial charge is 0.253 e. The topological polar surface area (TPSA) is 57.7 Å². The first-order valence-electron chi connectivity index (χ1n) is 8.76. The van der Waals surface area contributed by atoms with Gasteiger partial charge in [0.05, 0.1) is 11.9 Å². The van der Waals surface area contributed by atoms with Crippen molar-refractivity contribution in [1.82, 2.24) is 4.90 Å². The molecule has 1 amide bonds. The van der Waals surface area contributed by atoms with Gasteiger partial charge in [-0.25, -0.2) is 8.42 Å². The number of carbonyl (C=O) groups excluding carboxylic acids is 1. The molecule has 6 heteroatoms. The summed E-state index contributed by atoms with van der Waals surface area (Å²) in [5.41, 5.74) is 2.32. The predicted molar refractivity (Wildman–Crippen MR) is 95.9 cm³/mol. The highest BCUT2D eigenvalue weighted by Crippen LogP contribution is 2.31. The molecule has 0 unspecified atom stereocenters. The first-order valence-corrected chi connectivity index (χ1v) is 10.6. The van der Waals surface area contributed by atoms with Gasteiger partial charge in [-0.2, -0.15) is 0 Å². The van der Waals surface area contributed by atoms with Crippen molar-refractivity contribution in [1.29, 1.82) is 0 Å². The van der Waals surface area contributed by atoms with Crippen molar-refractivity contribution < 1.29 is 13.2 Å². The van der Waals surface area contributed by atoms with Crippen LogP contribution in [0.2, 0.25) is 0 Å². The normalized spacial score (nSPS) is 19.0. The fourth-order valence-electron chi connectivity index (χ4n) is 3.86. The Labute approximate surface area is 144 Å². The van der Waals surface area contributed by atoms with Crippen LogP contribution in [0.5, 0.6) is 0 Å². The Balaban J connectivity index is 1.79. The van der Waals surface area contributed by atoms with Crippen molar-refractivity contribution >= 4 is 21.6 Å². The summed E-state index contributed by atoms with van der Waals surface area (Å²) in [7, 11) is -1.35. The Bertz CT molecular complexity index is 722. The van der Waals surface area contributed by atoms with E-state index in [1.165, 1.54) is 36.2 Å². The van der Waals surface area contributed by atoms with Gasteiger partial charge in [0.1, 0.15) is 0 Å². The Morgan fingerprint density at radius 3 is 2.46 bits per heavy atom. The van der Waals surface area contributed by atoms with E-state index in [2.05, 4.69) is 0 Å². The van der Waals surface area contributed by atoms with Gasteiger partial charge in [0.25, 0.3) is 5.91 Å². The number of anilines is 1. The summed E-state index contributed by atoms with van der Waals surface area (Å²) in [5.74, 6) is 0.0440. The lowest BCUT2D eigenvalue weighted by molar-refractivity contribution is 0.0717. The van der Waals surface area contributed by atoms with E-state index in [1.807, 2.05) is 18.0 Å². The first-order chi connectivity index (χ1) is 11.4. The molecule has 0 saturated heterocycles. The van der Waals surface area contributed by atoms with Crippen molar-refractivity contribution in [3.8, 4) is 0 Å². The Hall–Kier alpha value is -1.56. The van der Waals surface area contributed by atoms with Crippen molar-refractivity contribution in [2.45, 2.75) is 51.0 Å².